The monoisotopic (exact) mass is 509 g/mol. The van der Waals surface area contributed by atoms with Crippen LogP contribution in [-0.4, -0.2) is 51.9 Å². The van der Waals surface area contributed by atoms with Gasteiger partial charge in [-0.25, -0.2) is 14.6 Å². The third kappa shape index (κ3) is 7.04. The maximum Gasteiger partial charge on any atom is 0.346 e. The lowest BCUT2D eigenvalue weighted by molar-refractivity contribution is -0.120. The molecule has 10 nitrogen and oxygen atoms in total. The van der Waals surface area contributed by atoms with Gasteiger partial charge in [-0.1, -0.05) is 12.1 Å². The van der Waals surface area contributed by atoms with Gasteiger partial charge in [-0.15, -0.1) is 0 Å². The van der Waals surface area contributed by atoms with E-state index in [-0.39, 0.29) is 23.4 Å². The van der Waals surface area contributed by atoms with Gasteiger partial charge in [0.2, 0.25) is 5.75 Å². The smallest absolute Gasteiger partial charge is 0.346 e. The van der Waals surface area contributed by atoms with Crippen molar-refractivity contribution < 1.29 is 37.7 Å². The van der Waals surface area contributed by atoms with E-state index in [1.54, 1.807) is 12.1 Å². The third-order valence-corrected chi connectivity index (χ3v) is 4.92. The SMILES string of the molecule is COc1cc(C(=O)NCC(=O)NN=Cc2ccc(OC(=O)c3ccccc3F)cc2)cc(OC)c1OC. The van der Waals surface area contributed by atoms with Gasteiger partial charge >= 0.3 is 5.97 Å². The molecule has 37 heavy (non-hydrogen) atoms. The molecule has 0 aliphatic heterocycles. The van der Waals surface area contributed by atoms with Crippen molar-refractivity contribution in [2.45, 2.75) is 0 Å². The molecule has 3 aromatic rings. The Hall–Kier alpha value is -4.93. The Bertz CT molecular complexity index is 1280. The quantitative estimate of drug-likeness (QED) is 0.186. The predicted molar refractivity (Wildman–Crippen MR) is 132 cm³/mol. The largest absolute Gasteiger partial charge is 0.493 e. The van der Waals surface area contributed by atoms with Gasteiger partial charge in [0.15, 0.2) is 11.5 Å². The number of benzene rings is 3. The van der Waals surface area contributed by atoms with E-state index in [9.17, 15) is 18.8 Å². The van der Waals surface area contributed by atoms with Gasteiger partial charge in [0.05, 0.1) is 39.7 Å². The van der Waals surface area contributed by atoms with E-state index < -0.39 is 23.6 Å². The Kier molecular flexibility index (Phi) is 9.14. The number of carbonyl (C=O) groups excluding carboxylic acids is 3. The molecule has 0 saturated carbocycles. The van der Waals surface area contributed by atoms with E-state index in [1.807, 2.05) is 0 Å². The molecule has 2 N–H and O–H groups in total. The Balaban J connectivity index is 1.50. The highest BCUT2D eigenvalue weighted by molar-refractivity contribution is 5.97. The number of esters is 1. The molecule has 11 heteroatoms. The van der Waals surface area contributed by atoms with Crippen LogP contribution in [0.4, 0.5) is 4.39 Å². The summed E-state index contributed by atoms with van der Waals surface area (Å²) in [6.45, 7) is -0.336. The summed E-state index contributed by atoms with van der Waals surface area (Å²) in [5, 5.41) is 6.31. The van der Waals surface area contributed by atoms with Crippen LogP contribution in [-0.2, 0) is 4.79 Å². The maximum absolute atomic E-state index is 13.7. The molecule has 0 aliphatic rings. The molecule has 0 unspecified atom stereocenters. The van der Waals surface area contributed by atoms with Crippen LogP contribution < -0.4 is 29.7 Å². The molecule has 0 atom stereocenters. The molecular weight excluding hydrogens is 485 g/mol. The van der Waals surface area contributed by atoms with Crippen molar-refractivity contribution in [3.05, 3.63) is 83.2 Å². The first-order valence-corrected chi connectivity index (χ1v) is 10.8. The van der Waals surface area contributed by atoms with Gasteiger partial charge in [-0.2, -0.15) is 5.10 Å². The second-order valence-corrected chi connectivity index (χ2v) is 7.33. The molecule has 0 spiro atoms. The lowest BCUT2D eigenvalue weighted by Crippen LogP contribution is -2.34. The number of rotatable bonds is 10. The fourth-order valence-electron chi connectivity index (χ4n) is 3.10. The van der Waals surface area contributed by atoms with Crippen molar-refractivity contribution >= 4 is 24.0 Å². The first kappa shape index (κ1) is 26.7. The van der Waals surface area contributed by atoms with Crippen LogP contribution >= 0.6 is 0 Å². The van der Waals surface area contributed by atoms with Crippen LogP contribution in [0.25, 0.3) is 0 Å². The zero-order valence-corrected chi connectivity index (χ0v) is 20.2. The first-order chi connectivity index (χ1) is 17.9. The molecule has 3 aromatic carbocycles. The second kappa shape index (κ2) is 12.7. The van der Waals surface area contributed by atoms with E-state index in [1.165, 1.54) is 76.1 Å². The lowest BCUT2D eigenvalue weighted by Gasteiger charge is -2.14. The molecule has 0 radical (unpaired) electrons. The number of halogens is 1. The van der Waals surface area contributed by atoms with Crippen molar-refractivity contribution in [1.29, 1.82) is 0 Å². The number of methoxy groups -OCH3 is 3. The first-order valence-electron chi connectivity index (χ1n) is 10.8. The van der Waals surface area contributed by atoms with Crippen molar-refractivity contribution in [3.63, 3.8) is 0 Å². The van der Waals surface area contributed by atoms with E-state index in [4.69, 9.17) is 18.9 Å². The molecule has 2 amide bonds. The van der Waals surface area contributed by atoms with Crippen LogP contribution in [0.15, 0.2) is 65.8 Å². The van der Waals surface area contributed by atoms with Crippen molar-refractivity contribution in [2.24, 2.45) is 5.10 Å². The minimum Gasteiger partial charge on any atom is -0.493 e. The molecular formula is C26H24FN3O7. The molecule has 0 bridgehead atoms. The minimum absolute atomic E-state index is 0.173. The number of nitrogens with zero attached hydrogens (tertiary/aromatic N) is 1. The van der Waals surface area contributed by atoms with Crippen LogP contribution in [0.2, 0.25) is 0 Å². The molecule has 0 aromatic heterocycles. The van der Waals surface area contributed by atoms with Gasteiger partial charge < -0.3 is 24.3 Å². The fraction of sp³-hybridized carbons (Fsp3) is 0.154. The van der Waals surface area contributed by atoms with Gasteiger partial charge in [-0.05, 0) is 54.1 Å². The van der Waals surface area contributed by atoms with Crippen molar-refractivity contribution in [3.8, 4) is 23.0 Å². The number of nitrogens with one attached hydrogen (secondary N) is 2. The van der Waals surface area contributed by atoms with Crippen LogP contribution in [0, 0.1) is 5.82 Å². The number of hydrogen-bond acceptors (Lipinski definition) is 8. The molecule has 3 rings (SSSR count). The van der Waals surface area contributed by atoms with E-state index in [0.717, 1.165) is 0 Å². The summed E-state index contributed by atoms with van der Waals surface area (Å²) in [7, 11) is 4.30. The normalized spacial score (nSPS) is 10.5. The summed E-state index contributed by atoms with van der Waals surface area (Å²) >= 11 is 0. The number of ether oxygens (including phenoxy) is 4. The van der Waals surface area contributed by atoms with E-state index in [0.29, 0.717) is 22.8 Å². The standard InChI is InChI=1S/C26H24FN3O7/c1-34-21-12-17(13-22(35-2)24(21)36-3)25(32)28-15-23(31)30-29-14-16-8-10-18(11-9-16)37-26(33)19-6-4-5-7-20(19)27/h4-14H,15H2,1-3H3,(H,28,32)(H,30,31). The Morgan fingerprint density at radius 1 is 0.919 bits per heavy atom. The molecule has 0 heterocycles. The summed E-state index contributed by atoms with van der Waals surface area (Å²) in [4.78, 5) is 36.6. The molecule has 192 valence electrons. The summed E-state index contributed by atoms with van der Waals surface area (Å²) in [5.41, 5.74) is 2.92. The van der Waals surface area contributed by atoms with Crippen molar-refractivity contribution in [2.75, 3.05) is 27.9 Å². The molecule has 0 aliphatic carbocycles. The zero-order chi connectivity index (χ0) is 26.8. The van der Waals surface area contributed by atoms with Gasteiger partial charge in [-0.3, -0.25) is 9.59 Å². The average Bonchev–Trinajstić information content (AvgIpc) is 2.91. The number of hydrogen-bond donors (Lipinski definition) is 2. The number of amides is 2. The highest BCUT2D eigenvalue weighted by Crippen LogP contribution is 2.38. The van der Waals surface area contributed by atoms with E-state index in [2.05, 4.69) is 15.8 Å². The predicted octanol–water partition coefficient (Wildman–Crippen LogP) is 2.95. The minimum atomic E-state index is -0.819. The number of carbonyl (C=O) groups is 3. The molecule has 0 fully saturated rings. The Labute approximate surface area is 212 Å². The van der Waals surface area contributed by atoms with Crippen molar-refractivity contribution in [1.82, 2.24) is 10.7 Å². The summed E-state index contributed by atoms with van der Waals surface area (Å²) in [6.07, 6.45) is 1.36. The third-order valence-electron chi connectivity index (χ3n) is 4.92. The molecule has 0 saturated heterocycles. The van der Waals surface area contributed by atoms with E-state index >= 15 is 0 Å². The van der Waals surface area contributed by atoms with Gasteiger partial charge in [0.25, 0.3) is 11.8 Å². The van der Waals surface area contributed by atoms with Crippen LogP contribution in [0.1, 0.15) is 26.3 Å². The Morgan fingerprint density at radius 2 is 1.57 bits per heavy atom. The van der Waals surface area contributed by atoms with Gasteiger partial charge in [0, 0.05) is 5.56 Å². The maximum atomic E-state index is 13.7. The lowest BCUT2D eigenvalue weighted by atomic mass is 10.1. The highest BCUT2D eigenvalue weighted by atomic mass is 19.1. The average molecular weight is 509 g/mol. The highest BCUT2D eigenvalue weighted by Gasteiger charge is 2.17. The van der Waals surface area contributed by atoms with Crippen LogP contribution in [0.5, 0.6) is 23.0 Å². The summed E-state index contributed by atoms with van der Waals surface area (Å²) < 4.78 is 34.5. The summed E-state index contributed by atoms with van der Waals surface area (Å²) in [6, 6.07) is 14.6. The van der Waals surface area contributed by atoms with Crippen LogP contribution in [0.3, 0.4) is 0 Å². The topological polar surface area (TPSA) is 125 Å². The van der Waals surface area contributed by atoms with Gasteiger partial charge in [0.1, 0.15) is 11.6 Å². The fourth-order valence-corrected chi connectivity index (χ4v) is 3.10. The second-order valence-electron chi connectivity index (χ2n) is 7.33. The number of hydrazone groups is 1. The summed E-state index contributed by atoms with van der Waals surface area (Å²) in [5.74, 6) is -1.43. The Morgan fingerprint density at radius 3 is 2.16 bits per heavy atom. The zero-order valence-electron chi connectivity index (χ0n) is 20.2.